The van der Waals surface area contributed by atoms with Crippen LogP contribution in [-0.2, 0) is 24.2 Å². The van der Waals surface area contributed by atoms with Crippen LogP contribution in [0.25, 0.3) is 0 Å². The Kier molecular flexibility index (Phi) is 3.85. The lowest BCUT2D eigenvalue weighted by atomic mass is 10.2. The predicted molar refractivity (Wildman–Crippen MR) is 58.2 cm³/mol. The first kappa shape index (κ1) is 11.7. The van der Waals surface area contributed by atoms with E-state index >= 15 is 0 Å². The van der Waals surface area contributed by atoms with E-state index in [0.717, 1.165) is 24.2 Å². The molecule has 5 heteroatoms. The quantitative estimate of drug-likeness (QED) is 0.706. The van der Waals surface area contributed by atoms with E-state index in [-0.39, 0.29) is 0 Å². The molecule has 5 nitrogen and oxygen atoms in total. The van der Waals surface area contributed by atoms with Gasteiger partial charge in [0.25, 0.3) is 0 Å². The molecule has 0 saturated carbocycles. The fourth-order valence-corrected chi connectivity index (χ4v) is 1.41. The monoisotopic (exact) mass is 210 g/mol. The molecule has 0 aromatic carbocycles. The van der Waals surface area contributed by atoms with Crippen molar-refractivity contribution in [1.82, 2.24) is 9.78 Å². The summed E-state index contributed by atoms with van der Waals surface area (Å²) in [6.07, 6.45) is 1.75. The predicted octanol–water partition coefficient (Wildman–Crippen LogP) is -0.179. The minimum atomic E-state index is -0.667. The Balaban J connectivity index is 2.83. The topological polar surface area (TPSA) is 86.9 Å². The van der Waals surface area contributed by atoms with Gasteiger partial charge in [-0.15, -0.1) is 0 Å². The average molecular weight is 210 g/mol. The maximum atomic E-state index is 10.8. The van der Waals surface area contributed by atoms with Gasteiger partial charge in [-0.2, -0.15) is 5.10 Å². The normalized spacial score (nSPS) is 12.7. The maximum Gasteiger partial charge on any atom is 0.236 e. The van der Waals surface area contributed by atoms with E-state index in [0.29, 0.717) is 6.54 Å². The summed E-state index contributed by atoms with van der Waals surface area (Å²) in [5.74, 6) is -0.495. The van der Waals surface area contributed by atoms with Gasteiger partial charge in [0.2, 0.25) is 5.91 Å². The fourth-order valence-electron chi connectivity index (χ4n) is 1.41. The van der Waals surface area contributed by atoms with Crippen molar-refractivity contribution in [3.8, 4) is 0 Å². The number of primary amides is 1. The first-order chi connectivity index (χ1) is 7.08. The molecular formula is C10H18N4O. The number of carbonyl (C=O) groups is 1. The van der Waals surface area contributed by atoms with Crippen LogP contribution in [0.1, 0.15) is 25.2 Å². The van der Waals surface area contributed by atoms with Crippen molar-refractivity contribution in [3.05, 3.63) is 17.5 Å². The number of nitrogens with two attached hydrogens (primary N) is 2. The maximum absolute atomic E-state index is 10.8. The average Bonchev–Trinajstić information content (AvgIpc) is 2.60. The summed E-state index contributed by atoms with van der Waals surface area (Å²) >= 11 is 0. The zero-order chi connectivity index (χ0) is 11.4. The van der Waals surface area contributed by atoms with E-state index in [4.69, 9.17) is 11.5 Å². The zero-order valence-corrected chi connectivity index (χ0v) is 9.23. The van der Waals surface area contributed by atoms with Gasteiger partial charge >= 0.3 is 0 Å². The molecule has 0 saturated heterocycles. The SMILES string of the molecule is CCc1cc(CC)n(CC(N)C(N)=O)n1. The minimum Gasteiger partial charge on any atom is -0.368 e. The summed E-state index contributed by atoms with van der Waals surface area (Å²) in [4.78, 5) is 10.8. The highest BCUT2D eigenvalue weighted by Gasteiger charge is 2.13. The Morgan fingerprint density at radius 1 is 1.53 bits per heavy atom. The third kappa shape index (κ3) is 2.79. The van der Waals surface area contributed by atoms with Crippen molar-refractivity contribution >= 4 is 5.91 Å². The summed E-state index contributed by atoms with van der Waals surface area (Å²) in [7, 11) is 0. The van der Waals surface area contributed by atoms with Crippen molar-refractivity contribution in [1.29, 1.82) is 0 Å². The molecule has 0 aliphatic rings. The number of amides is 1. The van der Waals surface area contributed by atoms with Crippen LogP contribution in [0.4, 0.5) is 0 Å². The Hall–Kier alpha value is -1.36. The van der Waals surface area contributed by atoms with Crippen LogP contribution < -0.4 is 11.5 Å². The second-order valence-electron chi connectivity index (χ2n) is 3.53. The minimum absolute atomic E-state index is 0.360. The summed E-state index contributed by atoms with van der Waals surface area (Å²) in [5, 5.41) is 4.35. The van der Waals surface area contributed by atoms with Crippen LogP contribution in [0.5, 0.6) is 0 Å². The Morgan fingerprint density at radius 3 is 2.67 bits per heavy atom. The molecule has 1 aromatic heterocycles. The highest BCUT2D eigenvalue weighted by atomic mass is 16.1. The van der Waals surface area contributed by atoms with E-state index in [1.54, 1.807) is 4.68 Å². The van der Waals surface area contributed by atoms with Gasteiger partial charge in [0, 0.05) is 5.69 Å². The van der Waals surface area contributed by atoms with Crippen LogP contribution in [0, 0.1) is 0 Å². The smallest absolute Gasteiger partial charge is 0.236 e. The molecular weight excluding hydrogens is 192 g/mol. The molecule has 4 N–H and O–H groups in total. The van der Waals surface area contributed by atoms with E-state index in [1.807, 2.05) is 19.9 Å². The molecule has 1 aromatic rings. The molecule has 1 rings (SSSR count). The van der Waals surface area contributed by atoms with Crippen molar-refractivity contribution in [3.63, 3.8) is 0 Å². The van der Waals surface area contributed by atoms with Gasteiger partial charge in [-0.25, -0.2) is 0 Å². The summed E-state index contributed by atoms with van der Waals surface area (Å²) < 4.78 is 1.77. The number of aromatic nitrogens is 2. The van der Waals surface area contributed by atoms with Gasteiger partial charge in [0.1, 0.15) is 6.04 Å². The second kappa shape index (κ2) is 4.93. The van der Waals surface area contributed by atoms with Gasteiger partial charge in [-0.1, -0.05) is 13.8 Å². The molecule has 1 heterocycles. The van der Waals surface area contributed by atoms with Crippen LogP contribution >= 0.6 is 0 Å². The van der Waals surface area contributed by atoms with E-state index in [1.165, 1.54) is 0 Å². The van der Waals surface area contributed by atoms with Gasteiger partial charge in [-0.3, -0.25) is 9.48 Å². The van der Waals surface area contributed by atoms with Crippen molar-refractivity contribution < 1.29 is 4.79 Å². The van der Waals surface area contributed by atoms with Crippen LogP contribution in [0.3, 0.4) is 0 Å². The van der Waals surface area contributed by atoms with Crippen LogP contribution in [-0.4, -0.2) is 21.7 Å². The molecule has 0 bridgehead atoms. The first-order valence-electron chi connectivity index (χ1n) is 5.19. The number of aryl methyl sites for hydroxylation is 2. The summed E-state index contributed by atoms with van der Waals surface area (Å²) in [6, 6.07) is 1.37. The lowest BCUT2D eigenvalue weighted by Crippen LogP contribution is -2.40. The van der Waals surface area contributed by atoms with Crippen LogP contribution in [0.2, 0.25) is 0 Å². The van der Waals surface area contributed by atoms with Gasteiger partial charge in [0.05, 0.1) is 12.2 Å². The third-order valence-electron chi connectivity index (χ3n) is 2.37. The third-order valence-corrected chi connectivity index (χ3v) is 2.37. The number of carbonyl (C=O) groups excluding carboxylic acids is 1. The lowest BCUT2D eigenvalue weighted by molar-refractivity contribution is -0.119. The molecule has 0 spiro atoms. The summed E-state index contributed by atoms with van der Waals surface area (Å²) in [5.41, 5.74) is 12.8. The molecule has 0 radical (unpaired) electrons. The molecule has 0 aliphatic carbocycles. The van der Waals surface area contributed by atoms with E-state index in [9.17, 15) is 4.79 Å². The fraction of sp³-hybridized carbons (Fsp3) is 0.600. The van der Waals surface area contributed by atoms with Gasteiger partial charge in [0.15, 0.2) is 0 Å². The lowest BCUT2D eigenvalue weighted by Gasteiger charge is -2.09. The Morgan fingerprint density at radius 2 is 2.20 bits per heavy atom. The van der Waals surface area contributed by atoms with Gasteiger partial charge < -0.3 is 11.5 Å². The number of hydrogen-bond donors (Lipinski definition) is 2. The number of hydrogen-bond acceptors (Lipinski definition) is 3. The Bertz CT molecular complexity index is 345. The number of nitrogens with zero attached hydrogens (tertiary/aromatic N) is 2. The van der Waals surface area contributed by atoms with E-state index < -0.39 is 11.9 Å². The highest BCUT2D eigenvalue weighted by Crippen LogP contribution is 2.06. The van der Waals surface area contributed by atoms with E-state index in [2.05, 4.69) is 5.10 Å². The van der Waals surface area contributed by atoms with Crippen molar-refractivity contribution in [2.45, 2.75) is 39.3 Å². The number of rotatable bonds is 5. The molecule has 1 unspecified atom stereocenters. The molecule has 1 amide bonds. The second-order valence-corrected chi connectivity index (χ2v) is 3.53. The van der Waals surface area contributed by atoms with Crippen molar-refractivity contribution in [2.75, 3.05) is 0 Å². The molecule has 1 atom stereocenters. The van der Waals surface area contributed by atoms with Gasteiger partial charge in [-0.05, 0) is 18.9 Å². The largest absolute Gasteiger partial charge is 0.368 e. The summed E-state index contributed by atoms with van der Waals surface area (Å²) in [6.45, 7) is 4.45. The van der Waals surface area contributed by atoms with Crippen molar-refractivity contribution in [2.24, 2.45) is 11.5 Å². The molecule has 0 fully saturated rings. The highest BCUT2D eigenvalue weighted by molar-refractivity contribution is 5.79. The molecule has 0 aliphatic heterocycles. The first-order valence-corrected chi connectivity index (χ1v) is 5.19. The standard InChI is InChI=1S/C10H18N4O/c1-3-7-5-8(4-2)14(13-7)6-9(11)10(12)15/h5,9H,3-4,6,11H2,1-2H3,(H2,12,15). The Labute approximate surface area is 89.4 Å². The molecule has 84 valence electrons. The van der Waals surface area contributed by atoms with Crippen LogP contribution in [0.15, 0.2) is 6.07 Å². The molecule has 15 heavy (non-hydrogen) atoms. The zero-order valence-electron chi connectivity index (χ0n) is 9.23.